The van der Waals surface area contributed by atoms with Crippen LogP contribution in [0.25, 0.3) is 0 Å². The van der Waals surface area contributed by atoms with Crippen molar-refractivity contribution in [1.82, 2.24) is 0 Å². The van der Waals surface area contributed by atoms with Crippen molar-refractivity contribution in [3.05, 3.63) is 0 Å². The van der Waals surface area contributed by atoms with E-state index in [0.29, 0.717) is 0 Å². The van der Waals surface area contributed by atoms with Gasteiger partial charge < -0.3 is 9.84 Å². The molecule has 0 rings (SSSR count). The summed E-state index contributed by atoms with van der Waals surface area (Å²) in [6.07, 6.45) is 0.124. The number of methoxy groups -OCH3 is 1. The van der Waals surface area contributed by atoms with Gasteiger partial charge in [0.2, 0.25) is 5.60 Å². The zero-order chi connectivity index (χ0) is 7.49. The standard InChI is InChI=1S/C5H8O4/c1-5(8,3-6)4(7)9-2/h3,8H,1-2H3. The Balaban J connectivity index is 4.14. The molecular weight excluding hydrogens is 124 g/mol. The maximum Gasteiger partial charge on any atom is 0.345 e. The number of rotatable bonds is 2. The van der Waals surface area contributed by atoms with Crippen molar-refractivity contribution in [3.8, 4) is 0 Å². The molecule has 0 radical (unpaired) electrons. The van der Waals surface area contributed by atoms with E-state index in [1.54, 1.807) is 0 Å². The van der Waals surface area contributed by atoms with E-state index in [0.717, 1.165) is 14.0 Å². The normalized spacial score (nSPS) is 15.9. The lowest BCUT2D eigenvalue weighted by atomic mass is 10.1. The Morgan fingerprint density at radius 3 is 2.33 bits per heavy atom. The summed E-state index contributed by atoms with van der Waals surface area (Å²) in [4.78, 5) is 20.2. The number of aldehydes is 1. The molecule has 0 heterocycles. The Hall–Kier alpha value is -0.900. The fourth-order valence-electron chi connectivity index (χ4n) is 0.255. The number of ether oxygens (including phenoxy) is 1. The number of hydrogen-bond acceptors (Lipinski definition) is 4. The van der Waals surface area contributed by atoms with E-state index >= 15 is 0 Å². The topological polar surface area (TPSA) is 63.6 Å². The molecule has 0 aromatic rings. The summed E-state index contributed by atoms with van der Waals surface area (Å²) in [6, 6.07) is 0. The monoisotopic (exact) mass is 132 g/mol. The van der Waals surface area contributed by atoms with Crippen LogP contribution in [0.15, 0.2) is 0 Å². The van der Waals surface area contributed by atoms with Crippen LogP contribution >= 0.6 is 0 Å². The number of hydrogen-bond donors (Lipinski definition) is 1. The van der Waals surface area contributed by atoms with Crippen LogP contribution in [0.4, 0.5) is 0 Å². The number of carbonyl (C=O) groups is 2. The molecule has 0 saturated heterocycles. The second-order valence-electron chi connectivity index (χ2n) is 1.76. The Kier molecular flexibility index (Phi) is 2.33. The molecule has 0 aromatic heterocycles. The predicted molar refractivity (Wildman–Crippen MR) is 28.7 cm³/mol. The van der Waals surface area contributed by atoms with Gasteiger partial charge in [-0.15, -0.1) is 0 Å². The highest BCUT2D eigenvalue weighted by Crippen LogP contribution is 1.99. The lowest BCUT2D eigenvalue weighted by Gasteiger charge is -2.10. The van der Waals surface area contributed by atoms with E-state index in [1.165, 1.54) is 0 Å². The molecule has 1 unspecified atom stereocenters. The maximum absolute atomic E-state index is 10.4. The van der Waals surface area contributed by atoms with Crippen molar-refractivity contribution in [2.75, 3.05) is 7.11 Å². The highest BCUT2D eigenvalue weighted by molar-refractivity contribution is 5.95. The van der Waals surface area contributed by atoms with Crippen molar-refractivity contribution in [2.45, 2.75) is 12.5 Å². The molecule has 1 N–H and O–H groups in total. The molecule has 4 heteroatoms. The van der Waals surface area contributed by atoms with E-state index in [2.05, 4.69) is 4.74 Å². The number of esters is 1. The number of carbonyl (C=O) groups excluding carboxylic acids is 2. The zero-order valence-corrected chi connectivity index (χ0v) is 5.25. The Labute approximate surface area is 52.4 Å². The van der Waals surface area contributed by atoms with Gasteiger partial charge in [-0.3, -0.25) is 4.79 Å². The first kappa shape index (κ1) is 8.10. The van der Waals surface area contributed by atoms with Crippen LogP contribution in [0.5, 0.6) is 0 Å². The van der Waals surface area contributed by atoms with Crippen molar-refractivity contribution in [1.29, 1.82) is 0 Å². The van der Waals surface area contributed by atoms with Crippen LogP contribution in [0.3, 0.4) is 0 Å². The molecule has 0 aliphatic rings. The second-order valence-corrected chi connectivity index (χ2v) is 1.76. The predicted octanol–water partition coefficient (Wildman–Crippen LogP) is -0.891. The van der Waals surface area contributed by atoms with Gasteiger partial charge in [-0.2, -0.15) is 0 Å². The summed E-state index contributed by atoms with van der Waals surface area (Å²) >= 11 is 0. The van der Waals surface area contributed by atoms with Crippen LogP contribution in [-0.4, -0.2) is 30.1 Å². The molecule has 0 bridgehead atoms. The average Bonchev–Trinajstić information content (AvgIpc) is 1.86. The molecular formula is C5H8O4. The van der Waals surface area contributed by atoms with E-state index in [9.17, 15) is 9.59 Å². The smallest absolute Gasteiger partial charge is 0.345 e. The first-order chi connectivity index (χ1) is 4.04. The van der Waals surface area contributed by atoms with Crippen molar-refractivity contribution in [2.24, 2.45) is 0 Å². The molecule has 9 heavy (non-hydrogen) atoms. The minimum absolute atomic E-state index is 0.124. The highest BCUT2D eigenvalue weighted by Gasteiger charge is 2.30. The van der Waals surface area contributed by atoms with Gasteiger partial charge in [-0.1, -0.05) is 0 Å². The third-order valence-electron chi connectivity index (χ3n) is 0.828. The lowest BCUT2D eigenvalue weighted by Crippen LogP contribution is -2.37. The van der Waals surface area contributed by atoms with E-state index in [4.69, 9.17) is 5.11 Å². The van der Waals surface area contributed by atoms with Gasteiger partial charge in [-0.05, 0) is 6.92 Å². The van der Waals surface area contributed by atoms with E-state index in [-0.39, 0.29) is 6.29 Å². The fourth-order valence-corrected chi connectivity index (χ4v) is 0.255. The first-order valence-electron chi connectivity index (χ1n) is 2.31. The summed E-state index contributed by atoms with van der Waals surface area (Å²) < 4.78 is 4.09. The Bertz CT molecular complexity index is 127. The van der Waals surface area contributed by atoms with Crippen LogP contribution in [0.2, 0.25) is 0 Å². The Morgan fingerprint density at radius 2 is 2.22 bits per heavy atom. The van der Waals surface area contributed by atoms with Gasteiger partial charge in [0.1, 0.15) is 0 Å². The molecule has 0 spiro atoms. The minimum atomic E-state index is -1.99. The van der Waals surface area contributed by atoms with Crippen LogP contribution < -0.4 is 0 Å². The molecule has 0 aliphatic carbocycles. The molecule has 0 aliphatic heterocycles. The van der Waals surface area contributed by atoms with Crippen molar-refractivity contribution in [3.63, 3.8) is 0 Å². The summed E-state index contributed by atoms with van der Waals surface area (Å²) in [6.45, 7) is 1.06. The molecule has 52 valence electrons. The largest absolute Gasteiger partial charge is 0.467 e. The second kappa shape index (κ2) is 2.59. The fraction of sp³-hybridized carbons (Fsp3) is 0.600. The molecule has 0 saturated carbocycles. The summed E-state index contributed by atoms with van der Waals surface area (Å²) in [5.74, 6) is -0.947. The van der Waals surface area contributed by atoms with Crippen molar-refractivity contribution < 1.29 is 19.4 Å². The molecule has 1 atom stereocenters. The third kappa shape index (κ3) is 1.81. The lowest BCUT2D eigenvalue weighted by molar-refractivity contribution is -0.161. The van der Waals surface area contributed by atoms with Crippen LogP contribution in [0, 0.1) is 0 Å². The van der Waals surface area contributed by atoms with Gasteiger partial charge in [0.25, 0.3) is 0 Å². The molecule has 0 aromatic carbocycles. The first-order valence-corrected chi connectivity index (χ1v) is 2.31. The molecule has 0 fully saturated rings. The maximum atomic E-state index is 10.4. The van der Waals surface area contributed by atoms with Crippen LogP contribution in [0.1, 0.15) is 6.92 Å². The summed E-state index contributed by atoms with van der Waals surface area (Å²) in [7, 11) is 1.10. The van der Waals surface area contributed by atoms with Gasteiger partial charge in [-0.25, -0.2) is 4.79 Å². The molecule has 0 amide bonds. The van der Waals surface area contributed by atoms with E-state index in [1.807, 2.05) is 0 Å². The molecule has 4 nitrogen and oxygen atoms in total. The van der Waals surface area contributed by atoms with Gasteiger partial charge in [0.15, 0.2) is 6.29 Å². The van der Waals surface area contributed by atoms with Crippen molar-refractivity contribution >= 4 is 12.3 Å². The zero-order valence-electron chi connectivity index (χ0n) is 5.25. The third-order valence-corrected chi connectivity index (χ3v) is 0.828. The Morgan fingerprint density at radius 1 is 1.78 bits per heavy atom. The van der Waals surface area contributed by atoms with Crippen LogP contribution in [-0.2, 0) is 14.3 Å². The summed E-state index contributed by atoms with van der Waals surface area (Å²) in [5.41, 5.74) is -1.99. The van der Waals surface area contributed by atoms with E-state index < -0.39 is 11.6 Å². The SMILES string of the molecule is COC(=O)C(C)(O)C=O. The minimum Gasteiger partial charge on any atom is -0.467 e. The van der Waals surface area contributed by atoms with Gasteiger partial charge in [0, 0.05) is 0 Å². The number of aliphatic hydroxyl groups is 1. The average molecular weight is 132 g/mol. The van der Waals surface area contributed by atoms with Gasteiger partial charge in [0.05, 0.1) is 7.11 Å². The quantitative estimate of drug-likeness (QED) is 0.301. The summed E-state index contributed by atoms with van der Waals surface area (Å²) in [5, 5.41) is 8.75. The van der Waals surface area contributed by atoms with Gasteiger partial charge >= 0.3 is 5.97 Å². The highest BCUT2D eigenvalue weighted by atomic mass is 16.5.